The molecule has 2 heteroatoms. The van der Waals surface area contributed by atoms with Gasteiger partial charge in [-0.25, -0.2) is 0 Å². The average Bonchev–Trinajstić information content (AvgIpc) is 1.80. The van der Waals surface area contributed by atoms with E-state index in [1.165, 1.54) is 6.92 Å². The van der Waals surface area contributed by atoms with Crippen LogP contribution in [-0.4, -0.2) is 12.6 Å². The Morgan fingerprint density at radius 2 is 2.33 bits per heavy atom. The van der Waals surface area contributed by atoms with Crippen molar-refractivity contribution in [3.63, 3.8) is 0 Å². The fourth-order valence-corrected chi connectivity index (χ4v) is 0.503. The fourth-order valence-electron chi connectivity index (χ4n) is 0.503. The monoisotopic (exact) mass is 129 g/mol. The minimum atomic E-state index is -0.189. The summed E-state index contributed by atoms with van der Waals surface area (Å²) < 4.78 is 4.69. The molecule has 0 saturated heterocycles. The molecule has 0 aromatic rings. The lowest BCUT2D eigenvalue weighted by atomic mass is 10.3. The van der Waals surface area contributed by atoms with Crippen LogP contribution in [0, 0.1) is 6.42 Å². The number of carbonyl (C=O) groups is 1. The quantitative estimate of drug-likeness (QED) is 0.425. The summed E-state index contributed by atoms with van der Waals surface area (Å²) in [6, 6.07) is 0. The van der Waals surface area contributed by atoms with Gasteiger partial charge in [0.05, 0.1) is 6.61 Å². The second-order valence-corrected chi connectivity index (χ2v) is 1.89. The molecule has 0 amide bonds. The van der Waals surface area contributed by atoms with E-state index in [2.05, 4.69) is 11.2 Å². The smallest absolute Gasteiger partial charge is 0.302 e. The molecule has 0 heterocycles. The van der Waals surface area contributed by atoms with Crippen LogP contribution in [0.5, 0.6) is 0 Å². The predicted molar refractivity (Wildman–Crippen MR) is 35.8 cm³/mol. The molecular formula is C7H13O2. The van der Waals surface area contributed by atoms with Crippen molar-refractivity contribution < 1.29 is 9.53 Å². The number of esters is 1. The Balaban J connectivity index is 2.83. The first kappa shape index (κ1) is 8.47. The minimum absolute atomic E-state index is 0.189. The van der Waals surface area contributed by atoms with E-state index in [9.17, 15) is 4.79 Å². The first-order valence-corrected chi connectivity index (χ1v) is 3.18. The van der Waals surface area contributed by atoms with Gasteiger partial charge in [0, 0.05) is 6.92 Å². The highest BCUT2D eigenvalue weighted by Gasteiger charge is 1.89. The van der Waals surface area contributed by atoms with Crippen molar-refractivity contribution in [2.75, 3.05) is 6.61 Å². The van der Waals surface area contributed by atoms with Gasteiger partial charge in [-0.05, 0) is 19.3 Å². The fraction of sp³-hybridized carbons (Fsp3) is 0.714. The summed E-state index contributed by atoms with van der Waals surface area (Å²) in [6.45, 7) is 3.98. The molecule has 0 spiro atoms. The van der Waals surface area contributed by atoms with Crippen molar-refractivity contribution in [1.29, 1.82) is 0 Å². The van der Waals surface area contributed by atoms with Crippen molar-refractivity contribution in [1.82, 2.24) is 0 Å². The topological polar surface area (TPSA) is 26.3 Å². The molecule has 0 aliphatic heterocycles. The lowest BCUT2D eigenvalue weighted by Gasteiger charge is -1.98. The van der Waals surface area contributed by atoms with Gasteiger partial charge in [-0.15, -0.1) is 0 Å². The molecular weight excluding hydrogens is 116 g/mol. The van der Waals surface area contributed by atoms with E-state index in [-0.39, 0.29) is 5.97 Å². The SMILES string of the molecule is C[CH]CCCOC(C)=O. The summed E-state index contributed by atoms with van der Waals surface area (Å²) in [5, 5.41) is 0. The molecule has 53 valence electrons. The van der Waals surface area contributed by atoms with Crippen molar-refractivity contribution in [3.05, 3.63) is 6.42 Å². The maximum absolute atomic E-state index is 10.2. The summed E-state index contributed by atoms with van der Waals surface area (Å²) in [5.41, 5.74) is 0. The third-order valence-electron chi connectivity index (χ3n) is 0.942. The second kappa shape index (κ2) is 5.60. The van der Waals surface area contributed by atoms with Crippen molar-refractivity contribution >= 4 is 5.97 Å². The molecule has 0 aliphatic carbocycles. The van der Waals surface area contributed by atoms with Crippen molar-refractivity contribution in [3.8, 4) is 0 Å². The molecule has 0 aliphatic rings. The van der Waals surface area contributed by atoms with Gasteiger partial charge in [-0.3, -0.25) is 4.79 Å². The summed E-state index contributed by atoms with van der Waals surface area (Å²) >= 11 is 0. The van der Waals surface area contributed by atoms with Gasteiger partial charge < -0.3 is 4.74 Å². The van der Waals surface area contributed by atoms with Crippen LogP contribution in [0.15, 0.2) is 0 Å². The van der Waals surface area contributed by atoms with Crippen LogP contribution >= 0.6 is 0 Å². The summed E-state index contributed by atoms with van der Waals surface area (Å²) in [6.07, 6.45) is 4.02. The number of hydrogen-bond donors (Lipinski definition) is 0. The molecule has 0 saturated carbocycles. The van der Waals surface area contributed by atoms with Gasteiger partial charge in [0.1, 0.15) is 0 Å². The van der Waals surface area contributed by atoms with E-state index < -0.39 is 0 Å². The Morgan fingerprint density at radius 1 is 1.67 bits per heavy atom. The van der Waals surface area contributed by atoms with Gasteiger partial charge >= 0.3 is 5.97 Å². The molecule has 0 bridgehead atoms. The molecule has 0 aromatic heterocycles. The largest absolute Gasteiger partial charge is 0.466 e. The van der Waals surface area contributed by atoms with Crippen LogP contribution in [0.1, 0.15) is 26.7 Å². The van der Waals surface area contributed by atoms with Crippen LogP contribution in [0.4, 0.5) is 0 Å². The highest BCUT2D eigenvalue weighted by Crippen LogP contribution is 1.92. The van der Waals surface area contributed by atoms with Crippen LogP contribution in [-0.2, 0) is 9.53 Å². The Kier molecular flexibility index (Phi) is 5.27. The maximum Gasteiger partial charge on any atom is 0.302 e. The van der Waals surface area contributed by atoms with Gasteiger partial charge in [-0.2, -0.15) is 0 Å². The second-order valence-electron chi connectivity index (χ2n) is 1.89. The number of hydrogen-bond acceptors (Lipinski definition) is 2. The number of rotatable bonds is 4. The molecule has 0 rings (SSSR count). The van der Waals surface area contributed by atoms with E-state index >= 15 is 0 Å². The van der Waals surface area contributed by atoms with E-state index in [1.54, 1.807) is 0 Å². The van der Waals surface area contributed by atoms with Gasteiger partial charge in [0.2, 0.25) is 0 Å². The third-order valence-corrected chi connectivity index (χ3v) is 0.942. The van der Waals surface area contributed by atoms with Crippen LogP contribution in [0.3, 0.4) is 0 Å². The van der Waals surface area contributed by atoms with Crippen LogP contribution in [0.25, 0.3) is 0 Å². The zero-order valence-corrected chi connectivity index (χ0v) is 6.02. The van der Waals surface area contributed by atoms with Crippen molar-refractivity contribution in [2.45, 2.75) is 26.7 Å². The lowest BCUT2D eigenvalue weighted by Crippen LogP contribution is -1.99. The number of ether oxygens (including phenoxy) is 1. The summed E-state index contributed by atoms with van der Waals surface area (Å²) in [4.78, 5) is 10.2. The van der Waals surface area contributed by atoms with E-state index in [1.807, 2.05) is 6.92 Å². The van der Waals surface area contributed by atoms with E-state index in [4.69, 9.17) is 0 Å². The Labute approximate surface area is 56.2 Å². The normalized spacial score (nSPS) is 9.11. The van der Waals surface area contributed by atoms with Crippen LogP contribution in [0.2, 0.25) is 0 Å². The highest BCUT2D eigenvalue weighted by atomic mass is 16.5. The Morgan fingerprint density at radius 3 is 2.78 bits per heavy atom. The molecule has 1 radical (unpaired) electrons. The molecule has 0 fully saturated rings. The maximum atomic E-state index is 10.2. The summed E-state index contributed by atoms with van der Waals surface area (Å²) in [7, 11) is 0. The molecule has 0 N–H and O–H groups in total. The Hall–Kier alpha value is -0.530. The third kappa shape index (κ3) is 7.47. The molecule has 0 aromatic carbocycles. The molecule has 0 unspecified atom stereocenters. The molecule has 2 nitrogen and oxygen atoms in total. The van der Waals surface area contributed by atoms with Gasteiger partial charge in [0.15, 0.2) is 0 Å². The minimum Gasteiger partial charge on any atom is -0.466 e. The predicted octanol–water partition coefficient (Wildman–Crippen LogP) is 1.55. The lowest BCUT2D eigenvalue weighted by molar-refractivity contribution is -0.141. The summed E-state index contributed by atoms with van der Waals surface area (Å²) in [5.74, 6) is -0.189. The van der Waals surface area contributed by atoms with Gasteiger partial charge in [-0.1, -0.05) is 6.92 Å². The first-order valence-electron chi connectivity index (χ1n) is 3.18. The highest BCUT2D eigenvalue weighted by molar-refractivity contribution is 5.65. The molecule has 0 atom stereocenters. The average molecular weight is 129 g/mol. The Bertz CT molecular complexity index is 79.0. The zero-order valence-electron chi connectivity index (χ0n) is 6.02. The molecule has 9 heavy (non-hydrogen) atoms. The van der Waals surface area contributed by atoms with Gasteiger partial charge in [0.25, 0.3) is 0 Å². The number of carbonyl (C=O) groups excluding carboxylic acids is 1. The van der Waals surface area contributed by atoms with Crippen molar-refractivity contribution in [2.24, 2.45) is 0 Å². The first-order chi connectivity index (χ1) is 4.27. The van der Waals surface area contributed by atoms with Crippen LogP contribution < -0.4 is 0 Å². The zero-order chi connectivity index (χ0) is 7.11. The van der Waals surface area contributed by atoms with E-state index in [0.717, 1.165) is 12.8 Å². The van der Waals surface area contributed by atoms with E-state index in [0.29, 0.717) is 6.61 Å². The number of unbranched alkanes of at least 4 members (excludes halogenated alkanes) is 2. The standard InChI is InChI=1S/C7H13O2/c1-3-4-5-6-9-7(2)8/h3H,4-6H2,1-2H3.